The van der Waals surface area contributed by atoms with Crippen LogP contribution in [0.4, 0.5) is 24.7 Å². The molecule has 1 N–H and O–H groups in total. The second-order valence-corrected chi connectivity index (χ2v) is 6.62. The molecular weight excluding hydrogens is 397 g/mol. The van der Waals surface area contributed by atoms with E-state index in [1.165, 1.54) is 18.5 Å². The number of nitrogens with zero attached hydrogens (tertiary/aromatic N) is 3. The number of amides is 1. The Morgan fingerprint density at radius 2 is 2.10 bits per heavy atom. The summed E-state index contributed by atoms with van der Waals surface area (Å²) in [4.78, 5) is 22.2. The molecule has 1 aliphatic heterocycles. The van der Waals surface area contributed by atoms with Gasteiger partial charge >= 0.3 is 6.18 Å². The molecule has 6 nitrogen and oxygen atoms in total. The third-order valence-corrected chi connectivity index (χ3v) is 4.74. The number of carbonyl (C=O) groups is 1. The van der Waals surface area contributed by atoms with Gasteiger partial charge in [0.25, 0.3) is 5.91 Å². The van der Waals surface area contributed by atoms with Crippen molar-refractivity contribution in [2.75, 3.05) is 23.4 Å². The van der Waals surface area contributed by atoms with E-state index < -0.39 is 11.7 Å². The molecule has 0 atom stereocenters. The Labute approximate surface area is 170 Å². The molecule has 3 aromatic rings. The maximum atomic E-state index is 13.0. The number of anilines is 2. The molecule has 0 radical (unpaired) electrons. The van der Waals surface area contributed by atoms with E-state index >= 15 is 0 Å². The lowest BCUT2D eigenvalue weighted by Crippen LogP contribution is -2.36. The van der Waals surface area contributed by atoms with E-state index in [0.29, 0.717) is 40.3 Å². The van der Waals surface area contributed by atoms with Crippen LogP contribution < -0.4 is 15.0 Å². The Morgan fingerprint density at radius 3 is 2.87 bits per heavy atom. The monoisotopic (exact) mass is 414 g/mol. The van der Waals surface area contributed by atoms with Gasteiger partial charge < -0.3 is 15.0 Å². The number of benzene rings is 2. The lowest BCUT2D eigenvalue weighted by molar-refractivity contribution is -0.137. The van der Waals surface area contributed by atoms with Gasteiger partial charge in [-0.3, -0.25) is 4.79 Å². The summed E-state index contributed by atoms with van der Waals surface area (Å²) < 4.78 is 44.7. The number of aromatic nitrogens is 2. The third-order valence-electron chi connectivity index (χ3n) is 4.74. The normalized spacial score (nSPS) is 13.5. The second kappa shape index (κ2) is 7.66. The van der Waals surface area contributed by atoms with Crippen LogP contribution in [0.5, 0.6) is 5.75 Å². The molecule has 0 fully saturated rings. The number of nitrogens with one attached hydrogen (secondary N) is 1. The van der Waals surface area contributed by atoms with Crippen molar-refractivity contribution in [2.45, 2.75) is 12.7 Å². The summed E-state index contributed by atoms with van der Waals surface area (Å²) in [5, 5.41) is 3.63. The van der Waals surface area contributed by atoms with Crippen LogP contribution in [0.2, 0.25) is 0 Å². The Balaban J connectivity index is 1.70. The molecule has 0 saturated carbocycles. The SMILES string of the molecule is C=CC(=O)N1CCOc2c1ccc1ncnc(NCc3cccc(C(F)(F)F)c3)c21. The van der Waals surface area contributed by atoms with Gasteiger partial charge in [0.1, 0.15) is 18.8 Å². The lowest BCUT2D eigenvalue weighted by atomic mass is 10.1. The fourth-order valence-corrected chi connectivity index (χ4v) is 3.35. The zero-order chi connectivity index (χ0) is 21.3. The predicted molar refractivity (Wildman–Crippen MR) is 106 cm³/mol. The maximum absolute atomic E-state index is 13.0. The van der Waals surface area contributed by atoms with Gasteiger partial charge in [0.2, 0.25) is 0 Å². The van der Waals surface area contributed by atoms with Gasteiger partial charge in [0, 0.05) is 6.54 Å². The van der Waals surface area contributed by atoms with Crippen LogP contribution in [0, 0.1) is 0 Å². The molecular formula is C21H17F3N4O2. The molecule has 1 aliphatic rings. The van der Waals surface area contributed by atoms with Crippen molar-refractivity contribution in [1.29, 1.82) is 0 Å². The topological polar surface area (TPSA) is 67.4 Å². The van der Waals surface area contributed by atoms with Gasteiger partial charge in [0.05, 0.1) is 28.7 Å². The molecule has 0 aliphatic carbocycles. The molecule has 0 saturated heterocycles. The van der Waals surface area contributed by atoms with Gasteiger partial charge in [-0.15, -0.1) is 0 Å². The van der Waals surface area contributed by atoms with Gasteiger partial charge in [-0.2, -0.15) is 13.2 Å². The van der Waals surface area contributed by atoms with Crippen molar-refractivity contribution in [3.63, 3.8) is 0 Å². The van der Waals surface area contributed by atoms with Gasteiger partial charge in [-0.05, 0) is 35.9 Å². The van der Waals surface area contributed by atoms with Crippen LogP contribution in [0.25, 0.3) is 10.9 Å². The van der Waals surface area contributed by atoms with E-state index in [1.54, 1.807) is 23.1 Å². The van der Waals surface area contributed by atoms with E-state index in [4.69, 9.17) is 4.74 Å². The minimum absolute atomic E-state index is 0.120. The summed E-state index contributed by atoms with van der Waals surface area (Å²) in [6, 6.07) is 8.56. The molecule has 1 amide bonds. The van der Waals surface area contributed by atoms with Crippen molar-refractivity contribution in [1.82, 2.24) is 9.97 Å². The predicted octanol–water partition coefficient (Wildman–Crippen LogP) is 4.17. The number of rotatable bonds is 4. The van der Waals surface area contributed by atoms with Crippen LogP contribution in [0.15, 0.2) is 55.4 Å². The largest absolute Gasteiger partial charge is 0.489 e. The first-order valence-corrected chi connectivity index (χ1v) is 9.13. The molecule has 9 heteroatoms. The van der Waals surface area contributed by atoms with E-state index in [-0.39, 0.29) is 19.1 Å². The van der Waals surface area contributed by atoms with Crippen LogP contribution in [-0.4, -0.2) is 29.0 Å². The number of hydrogen-bond donors (Lipinski definition) is 1. The number of ether oxygens (including phenoxy) is 1. The number of fused-ring (bicyclic) bond motifs is 3. The maximum Gasteiger partial charge on any atom is 0.416 e. The first kappa shape index (κ1) is 19.7. The van der Waals surface area contributed by atoms with Gasteiger partial charge in [-0.25, -0.2) is 9.97 Å². The zero-order valence-electron chi connectivity index (χ0n) is 15.7. The highest BCUT2D eigenvalue weighted by atomic mass is 19.4. The second-order valence-electron chi connectivity index (χ2n) is 6.62. The van der Waals surface area contributed by atoms with Crippen molar-refractivity contribution >= 4 is 28.3 Å². The summed E-state index contributed by atoms with van der Waals surface area (Å²) >= 11 is 0. The molecule has 0 bridgehead atoms. The highest BCUT2D eigenvalue weighted by molar-refractivity contribution is 6.07. The zero-order valence-corrected chi connectivity index (χ0v) is 15.7. The average Bonchev–Trinajstić information content (AvgIpc) is 2.76. The summed E-state index contributed by atoms with van der Waals surface area (Å²) in [5.41, 5.74) is 0.887. The molecule has 2 heterocycles. The van der Waals surface area contributed by atoms with E-state index in [2.05, 4.69) is 21.9 Å². The summed E-state index contributed by atoms with van der Waals surface area (Å²) in [6.07, 6.45) is -1.82. The van der Waals surface area contributed by atoms with Gasteiger partial charge in [-0.1, -0.05) is 18.7 Å². The molecule has 154 valence electrons. The fraction of sp³-hybridized carbons (Fsp3) is 0.190. The molecule has 30 heavy (non-hydrogen) atoms. The van der Waals surface area contributed by atoms with Crippen molar-refractivity contribution in [2.24, 2.45) is 0 Å². The van der Waals surface area contributed by atoms with Crippen LogP contribution in [-0.2, 0) is 17.5 Å². The number of carbonyl (C=O) groups excluding carboxylic acids is 1. The van der Waals surface area contributed by atoms with Crippen molar-refractivity contribution < 1.29 is 22.7 Å². The Kier molecular flexibility index (Phi) is 5.03. The first-order valence-electron chi connectivity index (χ1n) is 9.13. The first-order chi connectivity index (χ1) is 14.4. The number of hydrogen-bond acceptors (Lipinski definition) is 5. The standard InChI is InChI=1S/C21H17F3N4O2/c1-2-17(29)28-8-9-30-19-16(28)7-6-15-18(19)20(27-12-26-15)25-11-13-4-3-5-14(10-13)21(22,23)24/h2-7,10,12H,1,8-9,11H2,(H,25,26,27). The number of halogens is 3. The minimum atomic E-state index is -4.41. The summed E-state index contributed by atoms with van der Waals surface area (Å²) in [6.45, 7) is 4.31. The van der Waals surface area contributed by atoms with Crippen LogP contribution >= 0.6 is 0 Å². The lowest BCUT2D eigenvalue weighted by Gasteiger charge is -2.29. The molecule has 0 unspecified atom stereocenters. The smallest absolute Gasteiger partial charge is 0.416 e. The summed E-state index contributed by atoms with van der Waals surface area (Å²) in [7, 11) is 0. The highest BCUT2D eigenvalue weighted by Crippen LogP contribution is 2.41. The Morgan fingerprint density at radius 1 is 1.27 bits per heavy atom. The molecule has 0 spiro atoms. The van der Waals surface area contributed by atoms with E-state index in [9.17, 15) is 18.0 Å². The average molecular weight is 414 g/mol. The molecule has 2 aromatic carbocycles. The number of alkyl halides is 3. The highest BCUT2D eigenvalue weighted by Gasteiger charge is 2.30. The van der Waals surface area contributed by atoms with Crippen LogP contribution in [0.1, 0.15) is 11.1 Å². The fourth-order valence-electron chi connectivity index (χ4n) is 3.35. The van der Waals surface area contributed by atoms with Gasteiger partial charge in [0.15, 0.2) is 5.75 Å². The van der Waals surface area contributed by atoms with E-state index in [1.807, 2.05) is 0 Å². The molecule has 4 rings (SSSR count). The van der Waals surface area contributed by atoms with Crippen LogP contribution in [0.3, 0.4) is 0 Å². The third kappa shape index (κ3) is 3.66. The van der Waals surface area contributed by atoms with Crippen molar-refractivity contribution in [3.8, 4) is 5.75 Å². The molecule has 1 aromatic heterocycles. The minimum Gasteiger partial charge on any atom is -0.489 e. The Bertz CT molecular complexity index is 1130. The Hall–Kier alpha value is -3.62. The quantitative estimate of drug-likeness (QED) is 0.649. The van der Waals surface area contributed by atoms with E-state index in [0.717, 1.165) is 12.1 Å². The summed E-state index contributed by atoms with van der Waals surface area (Å²) in [5.74, 6) is 0.595. The van der Waals surface area contributed by atoms with Crippen molar-refractivity contribution in [3.05, 3.63) is 66.5 Å².